The Kier molecular flexibility index (Phi) is 3.32. The molecule has 1 aliphatic heterocycles. The van der Waals surface area contributed by atoms with Gasteiger partial charge in [-0.1, -0.05) is 27.7 Å². The fourth-order valence-corrected chi connectivity index (χ4v) is 2.14. The Morgan fingerprint density at radius 2 is 1.83 bits per heavy atom. The topological polar surface area (TPSA) is 49.2 Å². The minimum Gasteiger partial charge on any atom is -0.386 e. The van der Waals surface area contributed by atoms with E-state index in [0.29, 0.717) is 19.0 Å². The zero-order chi connectivity index (χ0) is 13.5. The molecule has 4 heteroatoms. The van der Waals surface area contributed by atoms with Gasteiger partial charge < -0.3 is 10.0 Å². The molecule has 2 heterocycles. The van der Waals surface area contributed by atoms with Crippen molar-refractivity contribution in [3.05, 3.63) is 17.6 Å². The van der Waals surface area contributed by atoms with Crippen LogP contribution >= 0.6 is 0 Å². The first-order valence-electron chi connectivity index (χ1n) is 6.65. The summed E-state index contributed by atoms with van der Waals surface area (Å²) in [6.45, 7) is 11.6. The molecule has 0 amide bonds. The van der Waals surface area contributed by atoms with Gasteiger partial charge in [0.25, 0.3) is 0 Å². The molecule has 0 aromatic carbocycles. The van der Waals surface area contributed by atoms with E-state index in [1.54, 1.807) is 0 Å². The predicted octanol–water partition coefficient (Wildman–Crippen LogP) is 2.12. The lowest BCUT2D eigenvalue weighted by atomic mass is 9.83. The van der Waals surface area contributed by atoms with Gasteiger partial charge in [-0.15, -0.1) is 0 Å². The third-order valence-corrected chi connectivity index (χ3v) is 3.70. The van der Waals surface area contributed by atoms with Gasteiger partial charge in [0.1, 0.15) is 17.2 Å². The second kappa shape index (κ2) is 4.50. The number of aromatic nitrogens is 2. The molecule has 0 unspecified atom stereocenters. The van der Waals surface area contributed by atoms with E-state index in [-0.39, 0.29) is 5.92 Å². The number of β-amino-alcohol motifs (C(OH)–C–C–N with tert-alkyl or cyclic N) is 1. The maximum absolute atomic E-state index is 10.3. The van der Waals surface area contributed by atoms with Crippen LogP contribution in [0.15, 0.2) is 6.07 Å². The van der Waals surface area contributed by atoms with Gasteiger partial charge in [0, 0.05) is 17.7 Å². The highest BCUT2D eigenvalue weighted by molar-refractivity contribution is 5.45. The van der Waals surface area contributed by atoms with Crippen molar-refractivity contribution in [2.75, 3.05) is 18.0 Å². The van der Waals surface area contributed by atoms with Gasteiger partial charge in [-0.25, -0.2) is 9.97 Å². The molecule has 1 aromatic heterocycles. The van der Waals surface area contributed by atoms with E-state index in [0.717, 1.165) is 17.3 Å². The Morgan fingerprint density at radius 1 is 1.22 bits per heavy atom. The largest absolute Gasteiger partial charge is 0.386 e. The first kappa shape index (κ1) is 13.3. The van der Waals surface area contributed by atoms with Crippen molar-refractivity contribution in [3.8, 4) is 0 Å². The summed E-state index contributed by atoms with van der Waals surface area (Å²) in [6.07, 6.45) is 0. The average Bonchev–Trinajstić information content (AvgIpc) is 2.23. The van der Waals surface area contributed by atoms with Crippen LogP contribution < -0.4 is 4.90 Å². The number of rotatable bonds is 3. The third-order valence-electron chi connectivity index (χ3n) is 3.70. The van der Waals surface area contributed by atoms with Crippen molar-refractivity contribution in [1.29, 1.82) is 0 Å². The molecule has 0 radical (unpaired) electrons. The summed E-state index contributed by atoms with van der Waals surface area (Å²) in [4.78, 5) is 11.2. The maximum Gasteiger partial charge on any atom is 0.133 e. The summed E-state index contributed by atoms with van der Waals surface area (Å²) < 4.78 is 0. The second-order valence-electron chi connectivity index (χ2n) is 5.99. The Balaban J connectivity index is 2.17. The number of aliphatic hydroxyl groups is 1. The molecule has 4 nitrogen and oxygen atoms in total. The van der Waals surface area contributed by atoms with E-state index >= 15 is 0 Å². The van der Waals surface area contributed by atoms with Gasteiger partial charge in [0.05, 0.1) is 13.1 Å². The van der Waals surface area contributed by atoms with Crippen LogP contribution in [0, 0.1) is 12.8 Å². The van der Waals surface area contributed by atoms with Crippen molar-refractivity contribution < 1.29 is 5.11 Å². The lowest BCUT2D eigenvalue weighted by molar-refractivity contribution is -0.0304. The molecule has 1 aliphatic rings. The second-order valence-corrected chi connectivity index (χ2v) is 5.99. The van der Waals surface area contributed by atoms with Crippen LogP contribution in [-0.4, -0.2) is 33.8 Å². The molecule has 0 bridgehead atoms. The third kappa shape index (κ3) is 2.34. The highest BCUT2D eigenvalue weighted by atomic mass is 16.3. The highest BCUT2D eigenvalue weighted by Gasteiger charge is 2.44. The fourth-order valence-electron chi connectivity index (χ4n) is 2.14. The van der Waals surface area contributed by atoms with Crippen molar-refractivity contribution in [3.63, 3.8) is 0 Å². The summed E-state index contributed by atoms with van der Waals surface area (Å²) >= 11 is 0. The van der Waals surface area contributed by atoms with Crippen molar-refractivity contribution in [2.24, 2.45) is 5.92 Å². The lowest BCUT2D eigenvalue weighted by Crippen LogP contribution is -2.65. The Hall–Kier alpha value is -1.16. The summed E-state index contributed by atoms with van der Waals surface area (Å²) in [5, 5.41) is 10.3. The van der Waals surface area contributed by atoms with Crippen LogP contribution in [-0.2, 0) is 0 Å². The van der Waals surface area contributed by atoms with Gasteiger partial charge >= 0.3 is 0 Å². The minimum absolute atomic E-state index is 0.279. The smallest absolute Gasteiger partial charge is 0.133 e. The Morgan fingerprint density at radius 3 is 2.33 bits per heavy atom. The molecule has 18 heavy (non-hydrogen) atoms. The number of hydrogen-bond acceptors (Lipinski definition) is 4. The predicted molar refractivity (Wildman–Crippen MR) is 72.9 cm³/mol. The van der Waals surface area contributed by atoms with Crippen LogP contribution in [0.25, 0.3) is 0 Å². The summed E-state index contributed by atoms with van der Waals surface area (Å²) in [5.74, 6) is 2.43. The number of anilines is 1. The van der Waals surface area contributed by atoms with E-state index in [2.05, 4.69) is 42.6 Å². The van der Waals surface area contributed by atoms with E-state index in [4.69, 9.17) is 0 Å². The minimum atomic E-state index is -0.559. The summed E-state index contributed by atoms with van der Waals surface area (Å²) in [7, 11) is 0. The monoisotopic (exact) mass is 249 g/mol. The van der Waals surface area contributed by atoms with Crippen molar-refractivity contribution in [2.45, 2.75) is 46.1 Å². The van der Waals surface area contributed by atoms with Gasteiger partial charge in [-0.05, 0) is 12.8 Å². The van der Waals surface area contributed by atoms with E-state index in [1.165, 1.54) is 0 Å². The van der Waals surface area contributed by atoms with Gasteiger partial charge in [0.2, 0.25) is 0 Å². The van der Waals surface area contributed by atoms with Crippen LogP contribution in [0.5, 0.6) is 0 Å². The van der Waals surface area contributed by atoms with E-state index in [1.807, 2.05) is 13.0 Å². The standard InChI is InChI=1S/C14H23N3O/c1-9(2)13-15-11(5)6-12(16-13)17-7-14(18,8-17)10(3)4/h6,9-10,18H,7-8H2,1-5H3. The average molecular weight is 249 g/mol. The van der Waals surface area contributed by atoms with E-state index < -0.39 is 5.60 Å². The quantitative estimate of drug-likeness (QED) is 0.891. The molecular weight excluding hydrogens is 226 g/mol. The van der Waals surface area contributed by atoms with Crippen molar-refractivity contribution >= 4 is 5.82 Å². The van der Waals surface area contributed by atoms with Gasteiger partial charge in [0.15, 0.2) is 0 Å². The van der Waals surface area contributed by atoms with E-state index in [9.17, 15) is 5.11 Å². The van der Waals surface area contributed by atoms with Gasteiger partial charge in [-0.2, -0.15) is 0 Å². The van der Waals surface area contributed by atoms with Crippen molar-refractivity contribution in [1.82, 2.24) is 9.97 Å². The molecule has 1 aromatic rings. The molecule has 1 saturated heterocycles. The Labute approximate surface area is 109 Å². The highest BCUT2D eigenvalue weighted by Crippen LogP contribution is 2.32. The molecule has 1 N–H and O–H groups in total. The molecule has 0 atom stereocenters. The Bertz CT molecular complexity index is 437. The lowest BCUT2D eigenvalue weighted by Gasteiger charge is -2.49. The van der Waals surface area contributed by atoms with Crippen LogP contribution in [0.2, 0.25) is 0 Å². The fraction of sp³-hybridized carbons (Fsp3) is 0.714. The zero-order valence-corrected chi connectivity index (χ0v) is 11.9. The molecule has 0 saturated carbocycles. The maximum atomic E-state index is 10.3. The first-order valence-corrected chi connectivity index (χ1v) is 6.65. The molecule has 0 spiro atoms. The number of nitrogens with zero attached hydrogens (tertiary/aromatic N) is 3. The molecule has 100 valence electrons. The molecule has 2 rings (SSSR count). The SMILES string of the molecule is Cc1cc(N2CC(O)(C(C)C)C2)nc(C(C)C)n1. The number of aryl methyl sites for hydroxylation is 1. The normalized spacial score (nSPS) is 18.3. The number of hydrogen-bond donors (Lipinski definition) is 1. The van der Waals surface area contributed by atoms with Crippen LogP contribution in [0.3, 0.4) is 0 Å². The molecule has 1 fully saturated rings. The molecule has 0 aliphatic carbocycles. The summed E-state index contributed by atoms with van der Waals surface area (Å²) in [6, 6.07) is 1.99. The van der Waals surface area contributed by atoms with Crippen LogP contribution in [0.1, 0.15) is 45.1 Å². The molecular formula is C14H23N3O. The zero-order valence-electron chi connectivity index (χ0n) is 11.9. The van der Waals surface area contributed by atoms with Gasteiger partial charge in [-0.3, -0.25) is 0 Å². The van der Waals surface area contributed by atoms with Crippen LogP contribution in [0.4, 0.5) is 5.82 Å². The first-order chi connectivity index (χ1) is 8.32. The summed E-state index contributed by atoms with van der Waals surface area (Å²) in [5.41, 5.74) is 0.431.